The highest BCUT2D eigenvalue weighted by molar-refractivity contribution is 8.04. The molecule has 1 amide bonds. The Hall–Kier alpha value is -2.53. The standard InChI is InChI=1S/C21H21NO3S/c1-13(23)25-17-10-9-14(11-15(17)21(2,3)4)12-19-20(24)22-16-7-5-6-8-18(16)26-19/h5-12H,1-4H3,(H,22,24)/b19-12+. The van der Waals surface area contributed by atoms with Gasteiger partial charge in [0.25, 0.3) is 5.91 Å². The lowest BCUT2D eigenvalue weighted by Crippen LogP contribution is -2.17. The zero-order valence-corrected chi connectivity index (χ0v) is 16.1. The number of benzene rings is 2. The minimum Gasteiger partial charge on any atom is -0.426 e. The fourth-order valence-corrected chi connectivity index (χ4v) is 3.67. The van der Waals surface area contributed by atoms with Crippen molar-refractivity contribution < 1.29 is 14.3 Å². The van der Waals surface area contributed by atoms with Crippen LogP contribution in [0.4, 0.5) is 5.69 Å². The average Bonchev–Trinajstić information content (AvgIpc) is 2.55. The fourth-order valence-electron chi connectivity index (χ4n) is 2.72. The van der Waals surface area contributed by atoms with Crippen LogP contribution in [0.1, 0.15) is 38.8 Å². The average molecular weight is 367 g/mol. The van der Waals surface area contributed by atoms with Crippen molar-refractivity contribution in [1.29, 1.82) is 0 Å². The summed E-state index contributed by atoms with van der Waals surface area (Å²) in [7, 11) is 0. The van der Waals surface area contributed by atoms with Crippen molar-refractivity contribution in [2.75, 3.05) is 5.32 Å². The van der Waals surface area contributed by atoms with Crippen LogP contribution in [-0.4, -0.2) is 11.9 Å². The number of rotatable bonds is 2. The summed E-state index contributed by atoms with van der Waals surface area (Å²) in [6, 6.07) is 13.3. The number of carbonyl (C=O) groups is 2. The molecule has 3 rings (SSSR count). The number of carbonyl (C=O) groups excluding carboxylic acids is 2. The monoisotopic (exact) mass is 367 g/mol. The lowest BCUT2D eigenvalue weighted by Gasteiger charge is -2.23. The molecule has 0 aromatic heterocycles. The molecule has 0 radical (unpaired) electrons. The molecule has 1 aliphatic heterocycles. The Bertz CT molecular complexity index is 910. The molecule has 1 N–H and O–H groups in total. The van der Waals surface area contributed by atoms with Gasteiger partial charge in [-0.25, -0.2) is 0 Å². The van der Waals surface area contributed by atoms with E-state index >= 15 is 0 Å². The number of thioether (sulfide) groups is 1. The van der Waals surface area contributed by atoms with Crippen molar-refractivity contribution in [1.82, 2.24) is 0 Å². The van der Waals surface area contributed by atoms with E-state index in [9.17, 15) is 9.59 Å². The zero-order valence-electron chi connectivity index (χ0n) is 15.3. The molecule has 0 saturated heterocycles. The van der Waals surface area contributed by atoms with Crippen LogP contribution in [0.2, 0.25) is 0 Å². The van der Waals surface area contributed by atoms with E-state index in [-0.39, 0.29) is 17.3 Å². The molecule has 134 valence electrons. The molecular weight excluding hydrogens is 346 g/mol. The summed E-state index contributed by atoms with van der Waals surface area (Å²) in [4.78, 5) is 25.4. The van der Waals surface area contributed by atoms with E-state index in [0.717, 1.165) is 21.7 Å². The molecule has 2 aromatic rings. The van der Waals surface area contributed by atoms with Gasteiger partial charge in [-0.1, -0.05) is 50.7 Å². The van der Waals surface area contributed by atoms with Crippen molar-refractivity contribution >= 4 is 35.4 Å². The van der Waals surface area contributed by atoms with Crippen molar-refractivity contribution in [3.05, 3.63) is 58.5 Å². The summed E-state index contributed by atoms with van der Waals surface area (Å²) in [6.45, 7) is 7.57. The molecule has 1 aliphatic rings. The van der Waals surface area contributed by atoms with E-state index in [1.54, 1.807) is 6.07 Å². The van der Waals surface area contributed by atoms with E-state index in [0.29, 0.717) is 10.7 Å². The molecule has 0 saturated carbocycles. The minimum atomic E-state index is -0.347. The second-order valence-corrected chi connectivity index (χ2v) is 8.24. The molecule has 5 heteroatoms. The number of hydrogen-bond acceptors (Lipinski definition) is 4. The number of fused-ring (bicyclic) bond motifs is 1. The summed E-state index contributed by atoms with van der Waals surface area (Å²) >= 11 is 1.45. The topological polar surface area (TPSA) is 55.4 Å². The van der Waals surface area contributed by atoms with Crippen LogP contribution in [0.25, 0.3) is 6.08 Å². The molecule has 26 heavy (non-hydrogen) atoms. The van der Waals surface area contributed by atoms with Crippen LogP contribution < -0.4 is 10.1 Å². The van der Waals surface area contributed by atoms with Crippen molar-refractivity contribution in [2.24, 2.45) is 0 Å². The van der Waals surface area contributed by atoms with Crippen LogP contribution in [0.5, 0.6) is 5.75 Å². The first-order chi connectivity index (χ1) is 12.2. The summed E-state index contributed by atoms with van der Waals surface area (Å²) < 4.78 is 5.34. The van der Waals surface area contributed by atoms with Gasteiger partial charge in [-0.2, -0.15) is 0 Å². The number of nitrogens with one attached hydrogen (secondary N) is 1. The van der Waals surface area contributed by atoms with Gasteiger partial charge in [-0.15, -0.1) is 0 Å². The minimum absolute atomic E-state index is 0.116. The Morgan fingerprint density at radius 3 is 2.58 bits per heavy atom. The quantitative estimate of drug-likeness (QED) is 0.461. The Labute approximate surface area is 157 Å². The lowest BCUT2D eigenvalue weighted by molar-refractivity contribution is -0.132. The third-order valence-electron chi connectivity index (χ3n) is 3.94. The Balaban J connectivity index is 1.98. The largest absolute Gasteiger partial charge is 0.426 e. The second kappa shape index (κ2) is 7.00. The predicted molar refractivity (Wildman–Crippen MR) is 105 cm³/mol. The van der Waals surface area contributed by atoms with Crippen LogP contribution in [0.15, 0.2) is 52.3 Å². The molecule has 1 heterocycles. The Morgan fingerprint density at radius 2 is 1.88 bits per heavy atom. The van der Waals surface area contributed by atoms with E-state index in [4.69, 9.17) is 4.74 Å². The predicted octanol–water partition coefficient (Wildman–Crippen LogP) is 4.99. The van der Waals surface area contributed by atoms with Gasteiger partial charge in [0.1, 0.15) is 5.75 Å². The zero-order chi connectivity index (χ0) is 18.9. The highest BCUT2D eigenvalue weighted by Gasteiger charge is 2.23. The van der Waals surface area contributed by atoms with Crippen LogP contribution >= 0.6 is 11.8 Å². The Kier molecular flexibility index (Phi) is 4.92. The van der Waals surface area contributed by atoms with Crippen LogP contribution in [0.3, 0.4) is 0 Å². The number of esters is 1. The third kappa shape index (κ3) is 3.99. The molecule has 4 nitrogen and oxygen atoms in total. The number of ether oxygens (including phenoxy) is 1. The van der Waals surface area contributed by atoms with Gasteiger partial charge in [-0.3, -0.25) is 9.59 Å². The van der Waals surface area contributed by atoms with E-state index in [1.165, 1.54) is 18.7 Å². The molecule has 0 atom stereocenters. The molecule has 0 spiro atoms. The first-order valence-corrected chi connectivity index (χ1v) is 9.18. The maximum absolute atomic E-state index is 12.4. The van der Waals surface area contributed by atoms with Gasteiger partial charge in [0.15, 0.2) is 0 Å². The summed E-state index contributed by atoms with van der Waals surface area (Å²) in [5, 5.41) is 2.92. The summed E-state index contributed by atoms with van der Waals surface area (Å²) in [5.74, 6) is 0.0914. The Morgan fingerprint density at radius 1 is 1.15 bits per heavy atom. The van der Waals surface area contributed by atoms with Gasteiger partial charge in [0, 0.05) is 17.4 Å². The normalized spacial score (nSPS) is 15.4. The second-order valence-electron chi connectivity index (χ2n) is 7.16. The molecule has 0 bridgehead atoms. The van der Waals surface area contributed by atoms with E-state index in [1.807, 2.05) is 42.5 Å². The molecule has 0 unspecified atom stereocenters. The maximum Gasteiger partial charge on any atom is 0.308 e. The highest BCUT2D eigenvalue weighted by atomic mass is 32.2. The van der Waals surface area contributed by atoms with Crippen molar-refractivity contribution in [3.8, 4) is 5.75 Å². The SMILES string of the molecule is CC(=O)Oc1ccc(/C=C2/Sc3ccccc3NC2=O)cc1C(C)(C)C. The van der Waals surface area contributed by atoms with Crippen LogP contribution in [0, 0.1) is 0 Å². The number of anilines is 1. The first kappa shape index (κ1) is 18.3. The fraction of sp³-hybridized carbons (Fsp3) is 0.238. The van der Waals surface area contributed by atoms with E-state index in [2.05, 4.69) is 26.1 Å². The molecular formula is C21H21NO3S. The lowest BCUT2D eigenvalue weighted by atomic mass is 9.85. The molecule has 0 aliphatic carbocycles. The van der Waals surface area contributed by atoms with Gasteiger partial charge < -0.3 is 10.1 Å². The van der Waals surface area contributed by atoms with Crippen LogP contribution in [-0.2, 0) is 15.0 Å². The molecule has 0 fully saturated rings. The van der Waals surface area contributed by atoms with Crippen molar-refractivity contribution in [2.45, 2.75) is 38.0 Å². The number of hydrogen-bond donors (Lipinski definition) is 1. The highest BCUT2D eigenvalue weighted by Crippen LogP contribution is 2.39. The van der Waals surface area contributed by atoms with Gasteiger partial charge >= 0.3 is 5.97 Å². The summed E-state index contributed by atoms with van der Waals surface area (Å²) in [5.41, 5.74) is 2.44. The van der Waals surface area contributed by atoms with E-state index < -0.39 is 0 Å². The van der Waals surface area contributed by atoms with Crippen molar-refractivity contribution in [3.63, 3.8) is 0 Å². The smallest absolute Gasteiger partial charge is 0.308 e. The number of amides is 1. The summed E-state index contributed by atoms with van der Waals surface area (Å²) in [6.07, 6.45) is 1.86. The van der Waals surface area contributed by atoms with Gasteiger partial charge in [0.05, 0.1) is 10.6 Å². The van der Waals surface area contributed by atoms with Gasteiger partial charge in [0.2, 0.25) is 0 Å². The molecule has 2 aromatic carbocycles. The first-order valence-electron chi connectivity index (χ1n) is 8.37. The number of para-hydroxylation sites is 1. The van der Waals surface area contributed by atoms with Gasteiger partial charge in [-0.05, 0) is 41.3 Å². The third-order valence-corrected chi connectivity index (χ3v) is 5.04. The maximum atomic E-state index is 12.4.